The fraction of sp³-hybridized carbons (Fsp3) is 0.417. The van der Waals surface area contributed by atoms with Crippen LogP contribution in [0.1, 0.15) is 18.0 Å². The Hall–Kier alpha value is -2.11. The minimum absolute atomic E-state index is 0.0536. The molecular weight excluding hydrogens is 238 g/mol. The standard InChI is InChI=1S/C12H15NO5/c1-16-9-5-7(6-10(17-2)11(9)14)8-3-4-18-12(15)13-8/h5-6,8,14H,3-4H2,1-2H3,(H,13,15)/t8-/m1/s1. The zero-order valence-electron chi connectivity index (χ0n) is 10.2. The number of hydrogen-bond donors (Lipinski definition) is 2. The maximum Gasteiger partial charge on any atom is 0.407 e. The number of carbonyl (C=O) groups is 1. The van der Waals surface area contributed by atoms with Crippen LogP contribution in [-0.2, 0) is 4.74 Å². The average molecular weight is 253 g/mol. The van der Waals surface area contributed by atoms with Crippen molar-refractivity contribution in [2.45, 2.75) is 12.5 Å². The Bertz CT molecular complexity index is 435. The van der Waals surface area contributed by atoms with Crippen molar-refractivity contribution in [1.29, 1.82) is 0 Å². The molecule has 1 aliphatic rings. The van der Waals surface area contributed by atoms with Crippen molar-refractivity contribution >= 4 is 6.09 Å². The van der Waals surface area contributed by atoms with Crippen molar-refractivity contribution in [3.8, 4) is 17.2 Å². The van der Waals surface area contributed by atoms with E-state index in [2.05, 4.69) is 5.32 Å². The molecule has 0 bridgehead atoms. The van der Waals surface area contributed by atoms with Crippen LogP contribution in [0.3, 0.4) is 0 Å². The van der Waals surface area contributed by atoms with E-state index in [9.17, 15) is 9.90 Å². The predicted molar refractivity (Wildman–Crippen MR) is 63.1 cm³/mol. The van der Waals surface area contributed by atoms with Gasteiger partial charge in [0.25, 0.3) is 0 Å². The fourth-order valence-corrected chi connectivity index (χ4v) is 1.89. The molecule has 1 aliphatic heterocycles. The number of phenolic OH excluding ortho intramolecular Hbond substituents is 1. The summed E-state index contributed by atoms with van der Waals surface area (Å²) < 4.78 is 14.9. The second-order valence-electron chi connectivity index (χ2n) is 3.90. The summed E-state index contributed by atoms with van der Waals surface area (Å²) in [5.41, 5.74) is 0.804. The Morgan fingerprint density at radius 1 is 1.33 bits per heavy atom. The van der Waals surface area contributed by atoms with E-state index in [4.69, 9.17) is 14.2 Å². The molecule has 0 aromatic heterocycles. The van der Waals surface area contributed by atoms with Crippen LogP contribution in [0.4, 0.5) is 4.79 Å². The Balaban J connectivity index is 2.35. The second-order valence-corrected chi connectivity index (χ2v) is 3.90. The summed E-state index contributed by atoms with van der Waals surface area (Å²) in [6.45, 7) is 0.363. The number of hydrogen-bond acceptors (Lipinski definition) is 5. The number of phenols is 1. The molecule has 1 aromatic rings. The lowest BCUT2D eigenvalue weighted by molar-refractivity contribution is 0.115. The molecule has 6 heteroatoms. The molecule has 0 aliphatic carbocycles. The summed E-state index contributed by atoms with van der Waals surface area (Å²) in [6.07, 6.45) is 0.209. The molecule has 6 nitrogen and oxygen atoms in total. The van der Waals surface area contributed by atoms with Crippen molar-refractivity contribution in [1.82, 2.24) is 5.32 Å². The maximum atomic E-state index is 11.2. The third-order valence-corrected chi connectivity index (χ3v) is 2.84. The predicted octanol–water partition coefficient (Wildman–Crippen LogP) is 1.58. The van der Waals surface area contributed by atoms with Crippen LogP contribution in [0.15, 0.2) is 12.1 Å². The Labute approximate surface area is 104 Å². The summed E-state index contributed by atoms with van der Waals surface area (Å²) in [6, 6.07) is 3.18. The SMILES string of the molecule is COc1cc([C@H]2CCOC(=O)N2)cc(OC)c1O. The van der Waals surface area contributed by atoms with Crippen LogP contribution in [0.5, 0.6) is 17.2 Å². The minimum atomic E-state index is -0.447. The van der Waals surface area contributed by atoms with Crippen LogP contribution in [0, 0.1) is 0 Å². The first-order chi connectivity index (χ1) is 8.65. The molecule has 1 fully saturated rings. The third kappa shape index (κ3) is 2.27. The van der Waals surface area contributed by atoms with E-state index in [0.717, 1.165) is 5.56 Å². The molecule has 0 radical (unpaired) electrons. The van der Waals surface area contributed by atoms with Crippen molar-refractivity contribution in [2.75, 3.05) is 20.8 Å². The van der Waals surface area contributed by atoms with Crippen molar-refractivity contribution in [3.63, 3.8) is 0 Å². The highest BCUT2D eigenvalue weighted by Crippen LogP contribution is 2.39. The number of amides is 1. The van der Waals surface area contributed by atoms with Crippen molar-refractivity contribution < 1.29 is 24.1 Å². The normalized spacial score (nSPS) is 18.8. The lowest BCUT2D eigenvalue weighted by atomic mass is 10.0. The zero-order chi connectivity index (χ0) is 13.1. The number of alkyl carbamates (subject to hydrolysis) is 1. The molecule has 1 heterocycles. The van der Waals surface area contributed by atoms with Gasteiger partial charge in [0, 0.05) is 6.42 Å². The lowest BCUT2D eigenvalue weighted by Crippen LogP contribution is -2.35. The van der Waals surface area contributed by atoms with Crippen LogP contribution >= 0.6 is 0 Å². The molecule has 0 spiro atoms. The highest BCUT2D eigenvalue weighted by atomic mass is 16.6. The third-order valence-electron chi connectivity index (χ3n) is 2.84. The van der Waals surface area contributed by atoms with E-state index in [1.807, 2.05) is 0 Å². The summed E-state index contributed by atoms with van der Waals surface area (Å²) >= 11 is 0. The largest absolute Gasteiger partial charge is 0.502 e. The van der Waals surface area contributed by atoms with Gasteiger partial charge in [-0.05, 0) is 17.7 Å². The number of benzene rings is 1. The molecule has 1 saturated heterocycles. The number of aromatic hydroxyl groups is 1. The fourth-order valence-electron chi connectivity index (χ4n) is 1.89. The monoisotopic (exact) mass is 253 g/mol. The highest BCUT2D eigenvalue weighted by Gasteiger charge is 2.23. The highest BCUT2D eigenvalue weighted by molar-refractivity contribution is 5.69. The van der Waals surface area contributed by atoms with Gasteiger partial charge in [-0.15, -0.1) is 0 Å². The molecule has 1 aromatic carbocycles. The van der Waals surface area contributed by atoms with Gasteiger partial charge in [-0.1, -0.05) is 0 Å². The molecule has 18 heavy (non-hydrogen) atoms. The van der Waals surface area contributed by atoms with Gasteiger partial charge in [0.1, 0.15) is 0 Å². The van der Waals surface area contributed by atoms with Gasteiger partial charge in [-0.25, -0.2) is 4.79 Å². The van der Waals surface area contributed by atoms with E-state index in [1.165, 1.54) is 14.2 Å². The lowest BCUT2D eigenvalue weighted by Gasteiger charge is -2.24. The Morgan fingerprint density at radius 3 is 2.44 bits per heavy atom. The summed E-state index contributed by atoms with van der Waals surface area (Å²) in [5, 5.41) is 12.5. The van der Waals surface area contributed by atoms with E-state index in [1.54, 1.807) is 12.1 Å². The van der Waals surface area contributed by atoms with Crippen molar-refractivity contribution in [3.05, 3.63) is 17.7 Å². The first-order valence-electron chi connectivity index (χ1n) is 5.54. The number of methoxy groups -OCH3 is 2. The van der Waals surface area contributed by atoms with Gasteiger partial charge in [0.2, 0.25) is 5.75 Å². The van der Waals surface area contributed by atoms with Gasteiger partial charge in [0.15, 0.2) is 11.5 Å². The maximum absolute atomic E-state index is 11.2. The van der Waals surface area contributed by atoms with E-state index < -0.39 is 6.09 Å². The number of ether oxygens (including phenoxy) is 3. The molecule has 2 N–H and O–H groups in total. The van der Waals surface area contributed by atoms with E-state index in [-0.39, 0.29) is 11.8 Å². The van der Waals surface area contributed by atoms with Crippen LogP contribution in [-0.4, -0.2) is 32.0 Å². The van der Waals surface area contributed by atoms with Gasteiger partial charge in [-0.3, -0.25) is 0 Å². The van der Waals surface area contributed by atoms with Gasteiger partial charge in [0.05, 0.1) is 26.9 Å². The first kappa shape index (κ1) is 12.3. The zero-order valence-corrected chi connectivity index (χ0v) is 10.2. The van der Waals surface area contributed by atoms with E-state index >= 15 is 0 Å². The number of rotatable bonds is 3. The second kappa shape index (κ2) is 5.03. The van der Waals surface area contributed by atoms with Crippen molar-refractivity contribution in [2.24, 2.45) is 0 Å². The molecule has 98 valence electrons. The molecule has 1 amide bonds. The number of cyclic esters (lactones) is 1. The summed E-state index contributed by atoms with van der Waals surface area (Å²) in [5.74, 6) is 0.567. The average Bonchev–Trinajstić information content (AvgIpc) is 2.39. The minimum Gasteiger partial charge on any atom is -0.502 e. The van der Waals surface area contributed by atoms with Crippen LogP contribution in [0.25, 0.3) is 0 Å². The molecule has 0 unspecified atom stereocenters. The Morgan fingerprint density at radius 2 is 1.94 bits per heavy atom. The topological polar surface area (TPSA) is 77.0 Å². The molecule has 1 atom stereocenters. The molecular formula is C12H15NO5. The number of carbonyl (C=O) groups excluding carboxylic acids is 1. The first-order valence-corrected chi connectivity index (χ1v) is 5.54. The Kier molecular flexibility index (Phi) is 3.45. The van der Waals surface area contributed by atoms with Gasteiger partial charge in [-0.2, -0.15) is 0 Å². The van der Waals surface area contributed by atoms with Gasteiger partial charge < -0.3 is 24.6 Å². The quantitative estimate of drug-likeness (QED) is 0.855. The summed E-state index contributed by atoms with van der Waals surface area (Å²) in [4.78, 5) is 11.2. The number of nitrogens with one attached hydrogen (secondary N) is 1. The molecule has 0 saturated carbocycles. The smallest absolute Gasteiger partial charge is 0.407 e. The van der Waals surface area contributed by atoms with E-state index in [0.29, 0.717) is 24.5 Å². The summed E-state index contributed by atoms with van der Waals surface area (Å²) in [7, 11) is 2.92. The van der Waals surface area contributed by atoms with Gasteiger partial charge >= 0.3 is 6.09 Å². The molecule has 2 rings (SSSR count). The van der Waals surface area contributed by atoms with Crippen LogP contribution < -0.4 is 14.8 Å². The van der Waals surface area contributed by atoms with Crippen LogP contribution in [0.2, 0.25) is 0 Å².